The molecule has 0 unspecified atom stereocenters. The molecule has 1 aromatic rings. The Morgan fingerprint density at radius 2 is 1.84 bits per heavy atom. The van der Waals surface area contributed by atoms with Crippen LogP contribution in [0.3, 0.4) is 0 Å². The third kappa shape index (κ3) is 5.05. The lowest BCUT2D eigenvalue weighted by molar-refractivity contribution is 0.0953. The maximum atomic E-state index is 11.8. The molecule has 0 aliphatic heterocycles. The Morgan fingerprint density at radius 1 is 1.21 bits per heavy atom. The molecule has 0 saturated heterocycles. The van der Waals surface area contributed by atoms with Crippen molar-refractivity contribution >= 4 is 29.2 Å². The lowest BCUT2D eigenvalue weighted by Gasteiger charge is -2.12. The van der Waals surface area contributed by atoms with E-state index >= 15 is 0 Å². The Morgan fingerprint density at radius 3 is 2.42 bits per heavy atom. The molecule has 0 bridgehead atoms. The molecule has 0 saturated carbocycles. The van der Waals surface area contributed by atoms with E-state index in [9.17, 15) is 9.59 Å². The summed E-state index contributed by atoms with van der Waals surface area (Å²) in [7, 11) is 3.28. The Kier molecular flexibility index (Phi) is 5.44. The summed E-state index contributed by atoms with van der Waals surface area (Å²) < 4.78 is 0. The summed E-state index contributed by atoms with van der Waals surface area (Å²) in [4.78, 5) is 24.4. The topological polar surface area (TPSA) is 87.5 Å². The van der Waals surface area contributed by atoms with Crippen LogP contribution in [0.1, 0.15) is 10.4 Å². The molecule has 1 aromatic carbocycles. The summed E-state index contributed by atoms with van der Waals surface area (Å²) in [6.07, 6.45) is 0. The van der Waals surface area contributed by atoms with Crippen LogP contribution in [0, 0.1) is 0 Å². The van der Waals surface area contributed by atoms with Crippen LogP contribution in [0.4, 0.5) is 10.5 Å². The van der Waals surface area contributed by atoms with E-state index < -0.39 is 0 Å². The molecule has 6 nitrogen and oxygen atoms in total. The van der Waals surface area contributed by atoms with Crippen LogP contribution >= 0.6 is 11.6 Å². The Bertz CT molecular complexity index is 457. The molecule has 104 valence electrons. The molecule has 0 atom stereocenters. The van der Waals surface area contributed by atoms with Gasteiger partial charge in [-0.2, -0.15) is 0 Å². The van der Waals surface area contributed by atoms with Gasteiger partial charge >= 0.3 is 6.03 Å². The molecule has 0 aromatic heterocycles. The highest BCUT2D eigenvalue weighted by molar-refractivity contribution is 6.31. The average molecular weight is 285 g/mol. The van der Waals surface area contributed by atoms with Crippen molar-refractivity contribution in [3.05, 3.63) is 28.8 Å². The number of nitrogens with two attached hydrogens (primary N) is 1. The van der Waals surface area contributed by atoms with Crippen molar-refractivity contribution in [2.24, 2.45) is 0 Å². The minimum Gasteiger partial charge on any atom is -0.399 e. The zero-order chi connectivity index (χ0) is 14.4. The molecule has 0 aliphatic carbocycles. The fraction of sp³-hybridized carbons (Fsp3) is 0.333. The van der Waals surface area contributed by atoms with Gasteiger partial charge in [-0.3, -0.25) is 4.79 Å². The highest BCUT2D eigenvalue weighted by atomic mass is 35.5. The first-order valence-corrected chi connectivity index (χ1v) is 6.07. The van der Waals surface area contributed by atoms with Gasteiger partial charge in [-0.25, -0.2) is 4.79 Å². The quantitative estimate of drug-likeness (QED) is 0.568. The molecule has 4 N–H and O–H groups in total. The third-order valence-electron chi connectivity index (χ3n) is 2.28. The highest BCUT2D eigenvalue weighted by Gasteiger charge is 2.07. The van der Waals surface area contributed by atoms with E-state index in [1.165, 1.54) is 11.0 Å². The molecule has 0 spiro atoms. The number of anilines is 1. The van der Waals surface area contributed by atoms with Gasteiger partial charge in [0.1, 0.15) is 0 Å². The number of amides is 3. The molecular weight excluding hydrogens is 268 g/mol. The van der Waals surface area contributed by atoms with Crippen LogP contribution in [0.25, 0.3) is 0 Å². The number of carbonyl (C=O) groups excluding carboxylic acids is 2. The van der Waals surface area contributed by atoms with E-state index in [1.54, 1.807) is 26.2 Å². The van der Waals surface area contributed by atoms with Crippen LogP contribution in [-0.2, 0) is 0 Å². The van der Waals surface area contributed by atoms with Crippen molar-refractivity contribution in [1.29, 1.82) is 0 Å². The summed E-state index contributed by atoms with van der Waals surface area (Å²) in [5.74, 6) is -0.284. The normalized spacial score (nSPS) is 9.84. The second-order valence-electron chi connectivity index (χ2n) is 4.16. The van der Waals surface area contributed by atoms with Gasteiger partial charge in [0.25, 0.3) is 5.91 Å². The average Bonchev–Trinajstić information content (AvgIpc) is 2.32. The Balaban J connectivity index is 2.41. The van der Waals surface area contributed by atoms with E-state index in [4.69, 9.17) is 17.3 Å². The molecule has 3 amide bonds. The number of hydrogen-bond acceptors (Lipinski definition) is 3. The Labute approximate surface area is 116 Å². The maximum Gasteiger partial charge on any atom is 0.316 e. The predicted octanol–water partition coefficient (Wildman–Crippen LogP) is 0.923. The molecule has 1 rings (SSSR count). The number of hydrogen-bond donors (Lipinski definition) is 3. The first-order valence-electron chi connectivity index (χ1n) is 5.69. The molecular formula is C12H17ClN4O2. The number of rotatable bonds is 4. The number of urea groups is 1. The second kappa shape index (κ2) is 6.84. The van der Waals surface area contributed by atoms with Crippen molar-refractivity contribution in [1.82, 2.24) is 15.5 Å². The van der Waals surface area contributed by atoms with Gasteiger partial charge in [-0.05, 0) is 18.2 Å². The van der Waals surface area contributed by atoms with Crippen LogP contribution in [-0.4, -0.2) is 44.0 Å². The first-order chi connectivity index (χ1) is 8.90. The fourth-order valence-electron chi connectivity index (χ4n) is 1.35. The van der Waals surface area contributed by atoms with E-state index in [0.29, 0.717) is 29.4 Å². The summed E-state index contributed by atoms with van der Waals surface area (Å²) >= 11 is 5.81. The molecule has 0 heterocycles. The van der Waals surface area contributed by atoms with Crippen molar-refractivity contribution in [2.45, 2.75) is 0 Å². The van der Waals surface area contributed by atoms with E-state index in [0.717, 1.165) is 0 Å². The van der Waals surface area contributed by atoms with E-state index in [2.05, 4.69) is 10.6 Å². The minimum absolute atomic E-state index is 0.207. The number of benzene rings is 1. The maximum absolute atomic E-state index is 11.8. The van der Waals surface area contributed by atoms with Crippen LogP contribution in [0.2, 0.25) is 5.02 Å². The summed E-state index contributed by atoms with van der Waals surface area (Å²) in [6.45, 7) is 0.670. The summed E-state index contributed by atoms with van der Waals surface area (Å²) in [5.41, 5.74) is 6.42. The number of nitrogen functional groups attached to an aromatic ring is 1. The van der Waals surface area contributed by atoms with Gasteiger partial charge in [0.05, 0.1) is 0 Å². The fourth-order valence-corrected chi connectivity index (χ4v) is 1.59. The van der Waals surface area contributed by atoms with Gasteiger partial charge in [-0.1, -0.05) is 11.6 Å². The SMILES string of the molecule is CN(C)C(=O)NCCNC(=O)c1cc(N)cc(Cl)c1. The number of nitrogens with zero attached hydrogens (tertiary/aromatic N) is 1. The summed E-state index contributed by atoms with van der Waals surface area (Å²) in [5, 5.41) is 5.70. The van der Waals surface area contributed by atoms with Gasteiger partial charge in [-0.15, -0.1) is 0 Å². The predicted molar refractivity (Wildman–Crippen MR) is 75.3 cm³/mol. The molecule has 0 aliphatic rings. The lowest BCUT2D eigenvalue weighted by atomic mass is 10.2. The standard InChI is InChI=1S/C12H17ClN4O2/c1-17(2)12(19)16-4-3-15-11(18)8-5-9(13)7-10(14)6-8/h5-7H,3-4,14H2,1-2H3,(H,15,18)(H,16,19). The molecule has 19 heavy (non-hydrogen) atoms. The van der Waals surface area contributed by atoms with Crippen LogP contribution in [0.15, 0.2) is 18.2 Å². The second-order valence-corrected chi connectivity index (χ2v) is 4.59. The van der Waals surface area contributed by atoms with Gasteiger partial charge < -0.3 is 21.3 Å². The van der Waals surface area contributed by atoms with Crippen molar-refractivity contribution in [2.75, 3.05) is 32.9 Å². The molecule has 0 fully saturated rings. The zero-order valence-electron chi connectivity index (χ0n) is 10.9. The van der Waals surface area contributed by atoms with Crippen LogP contribution < -0.4 is 16.4 Å². The van der Waals surface area contributed by atoms with Gasteiger partial charge in [0.15, 0.2) is 0 Å². The number of halogens is 1. The lowest BCUT2D eigenvalue weighted by Crippen LogP contribution is -2.39. The van der Waals surface area contributed by atoms with Crippen molar-refractivity contribution < 1.29 is 9.59 Å². The summed E-state index contributed by atoms with van der Waals surface area (Å²) in [6, 6.07) is 4.43. The smallest absolute Gasteiger partial charge is 0.316 e. The van der Waals surface area contributed by atoms with Gasteiger partial charge in [0.2, 0.25) is 0 Å². The monoisotopic (exact) mass is 284 g/mol. The minimum atomic E-state index is -0.284. The van der Waals surface area contributed by atoms with Crippen molar-refractivity contribution in [3.8, 4) is 0 Å². The first kappa shape index (κ1) is 15.1. The van der Waals surface area contributed by atoms with E-state index in [1.807, 2.05) is 0 Å². The zero-order valence-corrected chi connectivity index (χ0v) is 11.6. The molecule has 0 radical (unpaired) electrons. The molecule has 7 heteroatoms. The van der Waals surface area contributed by atoms with Gasteiger partial charge in [0, 0.05) is 43.5 Å². The Hall–Kier alpha value is -1.95. The highest BCUT2D eigenvalue weighted by Crippen LogP contribution is 2.16. The van der Waals surface area contributed by atoms with Crippen molar-refractivity contribution in [3.63, 3.8) is 0 Å². The van der Waals surface area contributed by atoms with Crippen LogP contribution in [0.5, 0.6) is 0 Å². The third-order valence-corrected chi connectivity index (χ3v) is 2.49. The van der Waals surface area contributed by atoms with E-state index in [-0.39, 0.29) is 11.9 Å². The largest absolute Gasteiger partial charge is 0.399 e. The number of nitrogens with one attached hydrogen (secondary N) is 2. The number of carbonyl (C=O) groups is 2.